The molecule has 0 unspecified atom stereocenters. The summed E-state index contributed by atoms with van der Waals surface area (Å²) in [5, 5.41) is 2.87. The van der Waals surface area contributed by atoms with Gasteiger partial charge in [-0.15, -0.1) is 0 Å². The predicted octanol–water partition coefficient (Wildman–Crippen LogP) is 3.05. The van der Waals surface area contributed by atoms with Crippen LogP contribution in [0.1, 0.15) is 20.3 Å². The SMILES string of the molecule is CC(C)C[C@H](N)C(=O)NCCSCCOc1cccc(Br)c1. The van der Waals surface area contributed by atoms with E-state index in [0.717, 1.165) is 28.1 Å². The lowest BCUT2D eigenvalue weighted by atomic mass is 10.0. The number of hydrogen-bond acceptors (Lipinski definition) is 4. The fourth-order valence-electron chi connectivity index (χ4n) is 1.87. The third-order valence-corrected chi connectivity index (χ3v) is 4.34. The van der Waals surface area contributed by atoms with Gasteiger partial charge in [0.1, 0.15) is 5.75 Å². The van der Waals surface area contributed by atoms with E-state index in [9.17, 15) is 4.79 Å². The van der Waals surface area contributed by atoms with E-state index >= 15 is 0 Å². The molecule has 0 aliphatic heterocycles. The van der Waals surface area contributed by atoms with Gasteiger partial charge >= 0.3 is 0 Å². The van der Waals surface area contributed by atoms with Gasteiger partial charge in [0.15, 0.2) is 0 Å². The summed E-state index contributed by atoms with van der Waals surface area (Å²) in [4.78, 5) is 11.7. The Bertz CT molecular complexity index is 458. The Morgan fingerprint density at radius 2 is 2.18 bits per heavy atom. The second-order valence-corrected chi connectivity index (χ2v) is 7.59. The van der Waals surface area contributed by atoms with E-state index in [1.807, 2.05) is 24.3 Å². The Hall–Kier alpha value is -0.720. The Morgan fingerprint density at radius 1 is 1.41 bits per heavy atom. The number of hydrogen-bond donors (Lipinski definition) is 2. The van der Waals surface area contributed by atoms with Gasteiger partial charge in [-0.3, -0.25) is 4.79 Å². The standard InChI is InChI=1S/C16H25BrN2O2S/c1-12(2)10-15(18)16(20)19-6-8-22-9-7-21-14-5-3-4-13(17)11-14/h3-5,11-12,15H,6-10,18H2,1-2H3,(H,19,20)/t15-/m0/s1. The van der Waals surface area contributed by atoms with Crippen LogP contribution in [0.4, 0.5) is 0 Å². The second kappa shape index (κ2) is 10.9. The normalized spacial score (nSPS) is 12.2. The van der Waals surface area contributed by atoms with Gasteiger partial charge in [0.05, 0.1) is 12.6 Å². The van der Waals surface area contributed by atoms with E-state index in [-0.39, 0.29) is 5.91 Å². The first-order valence-electron chi connectivity index (χ1n) is 7.48. The van der Waals surface area contributed by atoms with Gasteiger partial charge in [0.2, 0.25) is 5.91 Å². The third kappa shape index (κ3) is 8.66. The molecule has 6 heteroatoms. The zero-order chi connectivity index (χ0) is 16.4. The molecule has 0 radical (unpaired) electrons. The number of carbonyl (C=O) groups excluding carboxylic acids is 1. The molecule has 0 fully saturated rings. The van der Waals surface area contributed by atoms with Crippen molar-refractivity contribution in [1.29, 1.82) is 0 Å². The average molecular weight is 389 g/mol. The van der Waals surface area contributed by atoms with E-state index in [1.54, 1.807) is 11.8 Å². The van der Waals surface area contributed by atoms with Crippen molar-refractivity contribution in [2.45, 2.75) is 26.3 Å². The molecule has 0 aromatic heterocycles. The average Bonchev–Trinajstić information content (AvgIpc) is 2.45. The van der Waals surface area contributed by atoms with Crippen molar-refractivity contribution >= 4 is 33.6 Å². The summed E-state index contributed by atoms with van der Waals surface area (Å²) in [6.45, 7) is 5.43. The number of carbonyl (C=O) groups is 1. The highest BCUT2D eigenvalue weighted by Crippen LogP contribution is 2.17. The molecule has 3 N–H and O–H groups in total. The molecule has 0 spiro atoms. The van der Waals surface area contributed by atoms with Crippen molar-refractivity contribution in [3.05, 3.63) is 28.7 Å². The summed E-state index contributed by atoms with van der Waals surface area (Å²) in [5.74, 6) is 3.00. The van der Waals surface area contributed by atoms with Gasteiger partial charge in [-0.05, 0) is 30.5 Å². The molecule has 1 rings (SSSR count). The van der Waals surface area contributed by atoms with Crippen LogP contribution in [0.25, 0.3) is 0 Å². The molecule has 4 nitrogen and oxygen atoms in total. The van der Waals surface area contributed by atoms with Gasteiger partial charge in [-0.25, -0.2) is 0 Å². The molecule has 0 aliphatic carbocycles. The van der Waals surface area contributed by atoms with Crippen LogP contribution in [0.5, 0.6) is 5.75 Å². The maximum absolute atomic E-state index is 11.7. The lowest BCUT2D eigenvalue weighted by Gasteiger charge is -2.14. The Morgan fingerprint density at radius 3 is 2.86 bits per heavy atom. The molecule has 0 aliphatic rings. The molecule has 124 valence electrons. The second-order valence-electron chi connectivity index (χ2n) is 5.45. The van der Waals surface area contributed by atoms with Crippen LogP contribution in [0.3, 0.4) is 0 Å². The number of thioether (sulfide) groups is 1. The zero-order valence-corrected chi connectivity index (χ0v) is 15.6. The predicted molar refractivity (Wildman–Crippen MR) is 97.4 cm³/mol. The van der Waals surface area contributed by atoms with Crippen molar-refractivity contribution in [3.8, 4) is 5.75 Å². The minimum Gasteiger partial charge on any atom is -0.493 e. The smallest absolute Gasteiger partial charge is 0.236 e. The summed E-state index contributed by atoms with van der Waals surface area (Å²) in [5.41, 5.74) is 5.81. The highest BCUT2D eigenvalue weighted by atomic mass is 79.9. The molecule has 0 saturated heterocycles. The topological polar surface area (TPSA) is 64.4 Å². The van der Waals surface area contributed by atoms with Crippen LogP contribution < -0.4 is 15.8 Å². The number of nitrogens with one attached hydrogen (secondary N) is 1. The summed E-state index contributed by atoms with van der Waals surface area (Å²) < 4.78 is 6.65. The number of nitrogens with two attached hydrogens (primary N) is 1. The number of halogens is 1. The molecule has 0 heterocycles. The maximum atomic E-state index is 11.7. The Kier molecular flexibility index (Phi) is 9.59. The van der Waals surface area contributed by atoms with Crippen LogP contribution in [-0.4, -0.2) is 36.6 Å². The molecule has 1 aromatic rings. The summed E-state index contributed by atoms with van der Waals surface area (Å²) >= 11 is 5.16. The first kappa shape index (κ1) is 19.3. The quantitative estimate of drug-likeness (QED) is 0.604. The monoisotopic (exact) mass is 388 g/mol. The first-order valence-corrected chi connectivity index (χ1v) is 9.43. The highest BCUT2D eigenvalue weighted by molar-refractivity contribution is 9.10. The molecule has 1 amide bonds. The van der Waals surface area contributed by atoms with Gasteiger partial charge in [-0.2, -0.15) is 11.8 Å². The minimum absolute atomic E-state index is 0.0558. The fraction of sp³-hybridized carbons (Fsp3) is 0.562. The number of ether oxygens (including phenoxy) is 1. The van der Waals surface area contributed by atoms with Crippen molar-refractivity contribution in [1.82, 2.24) is 5.32 Å². The van der Waals surface area contributed by atoms with Gasteiger partial charge in [0, 0.05) is 22.5 Å². The van der Waals surface area contributed by atoms with Gasteiger partial charge in [-0.1, -0.05) is 35.8 Å². The van der Waals surface area contributed by atoms with E-state index in [0.29, 0.717) is 19.1 Å². The van der Waals surface area contributed by atoms with E-state index in [2.05, 4.69) is 35.1 Å². The zero-order valence-electron chi connectivity index (χ0n) is 13.2. The Balaban J connectivity index is 2.03. The highest BCUT2D eigenvalue weighted by Gasteiger charge is 2.13. The Labute approximate surface area is 145 Å². The largest absolute Gasteiger partial charge is 0.493 e. The number of benzene rings is 1. The fourth-order valence-corrected chi connectivity index (χ4v) is 2.90. The van der Waals surface area contributed by atoms with E-state index < -0.39 is 6.04 Å². The van der Waals surface area contributed by atoms with Crippen molar-refractivity contribution in [3.63, 3.8) is 0 Å². The lowest BCUT2D eigenvalue weighted by Crippen LogP contribution is -2.42. The van der Waals surface area contributed by atoms with Gasteiger partial charge < -0.3 is 15.8 Å². The van der Waals surface area contributed by atoms with Crippen molar-refractivity contribution in [2.24, 2.45) is 11.7 Å². The molecular formula is C16H25BrN2O2S. The summed E-state index contributed by atoms with van der Waals surface area (Å²) in [7, 11) is 0. The van der Waals surface area contributed by atoms with E-state index in [1.165, 1.54) is 0 Å². The van der Waals surface area contributed by atoms with Crippen LogP contribution >= 0.6 is 27.7 Å². The van der Waals surface area contributed by atoms with Crippen molar-refractivity contribution in [2.75, 3.05) is 24.7 Å². The minimum atomic E-state index is -0.398. The first-order chi connectivity index (χ1) is 10.5. The van der Waals surface area contributed by atoms with E-state index in [4.69, 9.17) is 10.5 Å². The third-order valence-electron chi connectivity index (χ3n) is 2.90. The van der Waals surface area contributed by atoms with Crippen LogP contribution in [-0.2, 0) is 4.79 Å². The molecule has 0 bridgehead atoms. The summed E-state index contributed by atoms with van der Waals surface area (Å²) in [6.07, 6.45) is 0.722. The number of rotatable bonds is 10. The van der Waals surface area contributed by atoms with Crippen LogP contribution in [0.2, 0.25) is 0 Å². The molecule has 1 atom stereocenters. The lowest BCUT2D eigenvalue weighted by molar-refractivity contribution is -0.122. The summed E-state index contributed by atoms with van der Waals surface area (Å²) in [6, 6.07) is 7.40. The molecule has 22 heavy (non-hydrogen) atoms. The van der Waals surface area contributed by atoms with Crippen LogP contribution in [0, 0.1) is 5.92 Å². The van der Waals surface area contributed by atoms with Crippen LogP contribution in [0.15, 0.2) is 28.7 Å². The number of amides is 1. The van der Waals surface area contributed by atoms with Gasteiger partial charge in [0.25, 0.3) is 0 Å². The molecule has 1 aromatic carbocycles. The maximum Gasteiger partial charge on any atom is 0.236 e. The molecule has 0 saturated carbocycles. The molecular weight excluding hydrogens is 364 g/mol. The van der Waals surface area contributed by atoms with Crippen molar-refractivity contribution < 1.29 is 9.53 Å².